The molecule has 1 aromatic heterocycles. The second-order valence-electron chi connectivity index (χ2n) is 5.65. The fraction of sp³-hybridized carbons (Fsp3) is 0.353. The maximum Gasteiger partial charge on any atom is 0.183 e. The molecule has 22 heavy (non-hydrogen) atoms. The van der Waals surface area contributed by atoms with E-state index < -0.39 is 11.6 Å². The van der Waals surface area contributed by atoms with Gasteiger partial charge in [-0.3, -0.25) is 4.79 Å². The van der Waals surface area contributed by atoms with E-state index in [9.17, 15) is 13.6 Å². The number of aryl methyl sites for hydroxylation is 1. The monoisotopic (exact) mass is 306 g/mol. The highest BCUT2D eigenvalue weighted by atomic mass is 19.1. The van der Waals surface area contributed by atoms with Gasteiger partial charge in [0.25, 0.3) is 0 Å². The Labute approximate surface area is 129 Å². The molecular formula is C17H20F2N2O. The molecule has 0 saturated carbocycles. The van der Waals surface area contributed by atoms with Crippen LogP contribution in [0.3, 0.4) is 0 Å². The maximum atomic E-state index is 13.5. The standard InChI is InChI=1S/C17H20F2N2O/c1-10(2)21-11(3)7-14(12(21)4)17(22)9-20-16-6-5-13(18)8-15(16)19/h5-8,10,20H,9H2,1-4H3. The largest absolute Gasteiger partial charge is 0.375 e. The van der Waals surface area contributed by atoms with E-state index in [0.717, 1.165) is 23.5 Å². The number of benzene rings is 1. The average molecular weight is 306 g/mol. The van der Waals surface area contributed by atoms with Crippen LogP contribution in [0.4, 0.5) is 14.5 Å². The first-order valence-electron chi connectivity index (χ1n) is 7.21. The minimum atomic E-state index is -0.708. The summed E-state index contributed by atoms with van der Waals surface area (Å²) in [6, 6.07) is 5.34. The number of ketones is 1. The smallest absolute Gasteiger partial charge is 0.183 e. The van der Waals surface area contributed by atoms with Crippen LogP contribution in [0.25, 0.3) is 0 Å². The molecule has 3 nitrogen and oxygen atoms in total. The number of carbonyl (C=O) groups excluding carboxylic acids is 1. The molecule has 1 N–H and O–H groups in total. The topological polar surface area (TPSA) is 34.0 Å². The molecule has 2 aromatic rings. The third-order valence-corrected chi connectivity index (χ3v) is 3.67. The van der Waals surface area contributed by atoms with Gasteiger partial charge in [-0.05, 0) is 45.9 Å². The number of rotatable bonds is 5. The van der Waals surface area contributed by atoms with E-state index in [1.54, 1.807) is 0 Å². The molecule has 1 aromatic carbocycles. The SMILES string of the molecule is Cc1cc(C(=O)CNc2ccc(F)cc2F)c(C)n1C(C)C. The fourth-order valence-corrected chi connectivity index (χ4v) is 2.76. The lowest BCUT2D eigenvalue weighted by atomic mass is 10.1. The highest BCUT2D eigenvalue weighted by Gasteiger charge is 2.17. The molecule has 5 heteroatoms. The Morgan fingerprint density at radius 2 is 1.91 bits per heavy atom. The Bertz CT molecular complexity index is 705. The van der Waals surface area contributed by atoms with Gasteiger partial charge in [-0.1, -0.05) is 0 Å². The molecule has 118 valence electrons. The number of hydrogen-bond acceptors (Lipinski definition) is 2. The van der Waals surface area contributed by atoms with Crippen molar-refractivity contribution >= 4 is 11.5 Å². The summed E-state index contributed by atoms with van der Waals surface area (Å²) in [5, 5.41) is 2.72. The molecule has 0 amide bonds. The van der Waals surface area contributed by atoms with Crippen molar-refractivity contribution in [2.24, 2.45) is 0 Å². The third-order valence-electron chi connectivity index (χ3n) is 3.67. The fourth-order valence-electron chi connectivity index (χ4n) is 2.76. The van der Waals surface area contributed by atoms with Crippen LogP contribution in [0.2, 0.25) is 0 Å². The van der Waals surface area contributed by atoms with Crippen molar-refractivity contribution in [1.29, 1.82) is 0 Å². The van der Waals surface area contributed by atoms with Crippen LogP contribution in [0.15, 0.2) is 24.3 Å². The zero-order valence-corrected chi connectivity index (χ0v) is 13.2. The molecule has 0 aliphatic rings. The second-order valence-corrected chi connectivity index (χ2v) is 5.65. The first-order valence-corrected chi connectivity index (χ1v) is 7.21. The molecule has 0 aliphatic heterocycles. The molecule has 0 fully saturated rings. The summed E-state index contributed by atoms with van der Waals surface area (Å²) >= 11 is 0. The lowest BCUT2D eigenvalue weighted by Crippen LogP contribution is -2.16. The Balaban J connectivity index is 2.15. The summed E-state index contributed by atoms with van der Waals surface area (Å²) in [4.78, 5) is 12.3. The summed E-state index contributed by atoms with van der Waals surface area (Å²) < 4.78 is 28.5. The number of halogens is 2. The van der Waals surface area contributed by atoms with Crippen molar-refractivity contribution in [3.63, 3.8) is 0 Å². The van der Waals surface area contributed by atoms with Crippen molar-refractivity contribution in [3.05, 3.63) is 52.9 Å². The van der Waals surface area contributed by atoms with E-state index in [4.69, 9.17) is 0 Å². The van der Waals surface area contributed by atoms with E-state index in [1.165, 1.54) is 6.07 Å². The van der Waals surface area contributed by atoms with E-state index >= 15 is 0 Å². The first kappa shape index (κ1) is 16.2. The van der Waals surface area contributed by atoms with E-state index in [0.29, 0.717) is 5.56 Å². The van der Waals surface area contributed by atoms with E-state index in [-0.39, 0.29) is 24.1 Å². The van der Waals surface area contributed by atoms with Gasteiger partial charge in [-0.15, -0.1) is 0 Å². The minimum absolute atomic E-state index is 0.0368. The molecule has 1 heterocycles. The number of nitrogens with zero attached hydrogens (tertiary/aromatic N) is 1. The van der Waals surface area contributed by atoms with Gasteiger partial charge in [0.05, 0.1) is 12.2 Å². The Kier molecular flexibility index (Phi) is 4.64. The van der Waals surface area contributed by atoms with Gasteiger partial charge in [-0.25, -0.2) is 8.78 Å². The number of Topliss-reactive ketones (excluding diaryl/α,β-unsaturated/α-hetero) is 1. The Hall–Kier alpha value is -2.17. The average Bonchev–Trinajstić information content (AvgIpc) is 2.72. The van der Waals surface area contributed by atoms with Gasteiger partial charge < -0.3 is 9.88 Å². The summed E-state index contributed by atoms with van der Waals surface area (Å²) in [6.45, 7) is 7.93. The number of hydrogen-bond donors (Lipinski definition) is 1. The van der Waals surface area contributed by atoms with Crippen LogP contribution in [-0.2, 0) is 0 Å². The van der Waals surface area contributed by atoms with Crippen LogP contribution in [0, 0.1) is 25.5 Å². The Morgan fingerprint density at radius 1 is 1.23 bits per heavy atom. The van der Waals surface area contributed by atoms with Gasteiger partial charge >= 0.3 is 0 Å². The zero-order chi connectivity index (χ0) is 16.4. The Morgan fingerprint density at radius 3 is 2.45 bits per heavy atom. The normalized spacial score (nSPS) is 11.0. The molecule has 0 atom stereocenters. The van der Waals surface area contributed by atoms with Crippen molar-refractivity contribution in [1.82, 2.24) is 4.57 Å². The first-order chi connectivity index (χ1) is 10.3. The number of nitrogens with one attached hydrogen (secondary N) is 1. The highest BCUT2D eigenvalue weighted by Crippen LogP contribution is 2.21. The molecule has 0 bridgehead atoms. The molecule has 0 saturated heterocycles. The number of anilines is 1. The number of aromatic nitrogens is 1. The summed E-state index contributed by atoms with van der Waals surface area (Å²) in [6.07, 6.45) is 0. The van der Waals surface area contributed by atoms with Crippen LogP contribution in [-0.4, -0.2) is 16.9 Å². The van der Waals surface area contributed by atoms with Crippen LogP contribution in [0.1, 0.15) is 41.6 Å². The summed E-state index contributed by atoms with van der Waals surface area (Å²) in [5.41, 5.74) is 2.66. The predicted octanol–water partition coefficient (Wildman–Crippen LogP) is 4.26. The lowest BCUT2D eigenvalue weighted by Gasteiger charge is -2.13. The third kappa shape index (κ3) is 3.18. The van der Waals surface area contributed by atoms with Gasteiger partial charge in [0.2, 0.25) is 0 Å². The van der Waals surface area contributed by atoms with E-state index in [1.807, 2.05) is 19.9 Å². The van der Waals surface area contributed by atoms with Gasteiger partial charge in [0.1, 0.15) is 11.6 Å². The van der Waals surface area contributed by atoms with Crippen LogP contribution >= 0.6 is 0 Å². The zero-order valence-electron chi connectivity index (χ0n) is 13.2. The van der Waals surface area contributed by atoms with Crippen molar-refractivity contribution < 1.29 is 13.6 Å². The van der Waals surface area contributed by atoms with Gasteiger partial charge in [-0.2, -0.15) is 0 Å². The van der Waals surface area contributed by atoms with E-state index in [2.05, 4.69) is 23.7 Å². The van der Waals surface area contributed by atoms with Crippen LogP contribution < -0.4 is 5.32 Å². The molecular weight excluding hydrogens is 286 g/mol. The minimum Gasteiger partial charge on any atom is -0.375 e. The van der Waals surface area contributed by atoms with Gasteiger partial charge in [0, 0.05) is 29.1 Å². The van der Waals surface area contributed by atoms with Crippen molar-refractivity contribution in [2.45, 2.75) is 33.7 Å². The summed E-state index contributed by atoms with van der Waals surface area (Å²) in [7, 11) is 0. The lowest BCUT2D eigenvalue weighted by molar-refractivity contribution is 0.101. The maximum absolute atomic E-state index is 13.5. The van der Waals surface area contributed by atoms with Gasteiger partial charge in [0.15, 0.2) is 5.78 Å². The molecule has 2 rings (SSSR count). The molecule has 0 spiro atoms. The van der Waals surface area contributed by atoms with Crippen LogP contribution in [0.5, 0.6) is 0 Å². The second kappa shape index (κ2) is 6.30. The highest BCUT2D eigenvalue weighted by molar-refractivity contribution is 6.00. The summed E-state index contributed by atoms with van der Waals surface area (Å²) in [5.74, 6) is -1.47. The quantitative estimate of drug-likeness (QED) is 0.838. The van der Waals surface area contributed by atoms with Crippen molar-refractivity contribution in [3.8, 4) is 0 Å². The number of carbonyl (C=O) groups is 1. The van der Waals surface area contributed by atoms with Crippen molar-refractivity contribution in [2.75, 3.05) is 11.9 Å². The predicted molar refractivity (Wildman–Crippen MR) is 83.5 cm³/mol. The molecule has 0 radical (unpaired) electrons. The molecule has 0 aliphatic carbocycles. The molecule has 0 unspecified atom stereocenters.